The van der Waals surface area contributed by atoms with Crippen molar-refractivity contribution in [2.75, 3.05) is 27.7 Å². The fraction of sp³-hybridized carbons (Fsp3) is 0.875. The second kappa shape index (κ2) is 8.36. The van der Waals surface area contributed by atoms with Crippen LogP contribution in [0.4, 0.5) is 0 Å². The molecular weight excluding hydrogens is 391 g/mol. The van der Waals surface area contributed by atoms with Crippen molar-refractivity contribution in [1.82, 2.24) is 15.5 Å². The summed E-state index contributed by atoms with van der Waals surface area (Å²) in [7, 11) is 5.26. The van der Waals surface area contributed by atoms with Crippen LogP contribution < -0.4 is 10.6 Å². The van der Waals surface area contributed by atoms with Crippen LogP contribution >= 0.6 is 24.0 Å². The molecule has 1 aliphatic carbocycles. The molecule has 1 fully saturated rings. The van der Waals surface area contributed by atoms with Gasteiger partial charge in [-0.3, -0.25) is 9.79 Å². The van der Waals surface area contributed by atoms with E-state index in [1.54, 1.807) is 26.0 Å². The summed E-state index contributed by atoms with van der Waals surface area (Å²) in [5, 5.41) is 6.58. The predicted molar refractivity (Wildman–Crippen MR) is 104 cm³/mol. The minimum Gasteiger partial charge on any atom is -0.354 e. The molecule has 6 heteroatoms. The lowest BCUT2D eigenvalue weighted by atomic mass is 9.63. The van der Waals surface area contributed by atoms with Crippen molar-refractivity contribution in [3.63, 3.8) is 0 Å². The normalized spacial score (nSPS) is 20.8. The van der Waals surface area contributed by atoms with Crippen LogP contribution in [-0.4, -0.2) is 50.5 Å². The highest BCUT2D eigenvalue weighted by molar-refractivity contribution is 14.0. The van der Waals surface area contributed by atoms with Gasteiger partial charge < -0.3 is 15.5 Å². The van der Waals surface area contributed by atoms with Crippen molar-refractivity contribution in [3.05, 3.63) is 0 Å². The zero-order valence-corrected chi connectivity index (χ0v) is 17.4. The van der Waals surface area contributed by atoms with Crippen LogP contribution in [0, 0.1) is 10.8 Å². The first kappa shape index (κ1) is 21.5. The van der Waals surface area contributed by atoms with Crippen molar-refractivity contribution in [2.45, 2.75) is 53.0 Å². The number of rotatable bonds is 3. The number of nitrogens with zero attached hydrogens (tertiary/aromatic N) is 2. The molecule has 0 heterocycles. The van der Waals surface area contributed by atoms with Gasteiger partial charge in [0.05, 0.1) is 6.54 Å². The molecule has 1 rings (SSSR count). The van der Waals surface area contributed by atoms with E-state index in [4.69, 9.17) is 0 Å². The Morgan fingerprint density at radius 2 is 1.68 bits per heavy atom. The lowest BCUT2D eigenvalue weighted by Gasteiger charge is -2.45. The van der Waals surface area contributed by atoms with Crippen LogP contribution in [0.15, 0.2) is 4.99 Å². The van der Waals surface area contributed by atoms with Gasteiger partial charge in [-0.05, 0) is 30.1 Å². The number of amides is 1. The van der Waals surface area contributed by atoms with Crippen LogP contribution in [0.2, 0.25) is 0 Å². The molecule has 22 heavy (non-hydrogen) atoms. The topological polar surface area (TPSA) is 56.7 Å². The van der Waals surface area contributed by atoms with Crippen molar-refractivity contribution >= 4 is 35.8 Å². The zero-order valence-electron chi connectivity index (χ0n) is 15.1. The van der Waals surface area contributed by atoms with E-state index in [0.717, 1.165) is 12.8 Å². The lowest BCUT2D eigenvalue weighted by molar-refractivity contribution is -0.127. The molecule has 0 aromatic carbocycles. The molecule has 0 radical (unpaired) electrons. The third-order valence-electron chi connectivity index (χ3n) is 4.03. The molecule has 1 amide bonds. The number of aliphatic imine (C=N–C) groups is 1. The fourth-order valence-electron chi connectivity index (χ4n) is 3.65. The maximum absolute atomic E-state index is 11.6. The fourth-order valence-corrected chi connectivity index (χ4v) is 3.65. The maximum atomic E-state index is 11.6. The Morgan fingerprint density at radius 3 is 2.09 bits per heavy atom. The highest BCUT2D eigenvalue weighted by atomic mass is 127. The van der Waals surface area contributed by atoms with Crippen LogP contribution in [0.25, 0.3) is 0 Å². The Bertz CT molecular complexity index is 389. The van der Waals surface area contributed by atoms with Crippen molar-refractivity contribution in [3.8, 4) is 0 Å². The van der Waals surface area contributed by atoms with Crippen molar-refractivity contribution in [1.29, 1.82) is 0 Å². The highest BCUT2D eigenvalue weighted by Gasteiger charge is 2.38. The van der Waals surface area contributed by atoms with Gasteiger partial charge in [-0.25, -0.2) is 0 Å². The van der Waals surface area contributed by atoms with E-state index in [0.29, 0.717) is 22.8 Å². The van der Waals surface area contributed by atoms with E-state index in [1.165, 1.54) is 6.42 Å². The summed E-state index contributed by atoms with van der Waals surface area (Å²) in [6.45, 7) is 9.58. The van der Waals surface area contributed by atoms with Crippen molar-refractivity contribution in [2.24, 2.45) is 15.8 Å². The number of likely N-dealkylation sites (N-methyl/N-ethyl adjacent to an activating group) is 1. The van der Waals surface area contributed by atoms with Gasteiger partial charge in [0.25, 0.3) is 0 Å². The molecule has 2 N–H and O–H groups in total. The third kappa shape index (κ3) is 7.15. The summed E-state index contributed by atoms with van der Waals surface area (Å²) < 4.78 is 0. The second-order valence-corrected chi connectivity index (χ2v) is 7.97. The molecule has 0 aliphatic heterocycles. The second-order valence-electron chi connectivity index (χ2n) is 7.97. The maximum Gasteiger partial charge on any atom is 0.241 e. The van der Waals surface area contributed by atoms with Gasteiger partial charge in [0.2, 0.25) is 5.91 Å². The summed E-state index contributed by atoms with van der Waals surface area (Å²) in [4.78, 5) is 17.5. The minimum atomic E-state index is 0. The van der Waals surface area contributed by atoms with E-state index in [1.807, 2.05) is 0 Å². The SMILES string of the molecule is CN=C(NCC(=O)N(C)C)NC1CC(C)(C)CC(C)(C)C1.I. The van der Waals surface area contributed by atoms with Gasteiger partial charge in [-0.2, -0.15) is 0 Å². The van der Waals surface area contributed by atoms with Crippen LogP contribution in [0.5, 0.6) is 0 Å². The summed E-state index contributed by atoms with van der Waals surface area (Å²) >= 11 is 0. The smallest absolute Gasteiger partial charge is 0.241 e. The number of carbonyl (C=O) groups is 1. The third-order valence-corrected chi connectivity index (χ3v) is 4.03. The largest absolute Gasteiger partial charge is 0.354 e. The number of nitrogens with one attached hydrogen (secondary N) is 2. The van der Waals surface area contributed by atoms with E-state index in [2.05, 4.69) is 43.3 Å². The zero-order chi connectivity index (χ0) is 16.3. The van der Waals surface area contributed by atoms with Crippen molar-refractivity contribution < 1.29 is 4.79 Å². The number of carbonyl (C=O) groups excluding carboxylic acids is 1. The molecule has 0 spiro atoms. The standard InChI is InChI=1S/C16H32N4O.HI/c1-15(2)8-12(9-16(3,4)11-15)19-14(17-5)18-10-13(21)20(6)7;/h12H,8-11H2,1-7H3,(H2,17,18,19);1H. The summed E-state index contributed by atoms with van der Waals surface area (Å²) in [5.41, 5.74) is 0.662. The summed E-state index contributed by atoms with van der Waals surface area (Å²) in [6, 6.07) is 0.393. The first-order valence-corrected chi connectivity index (χ1v) is 7.72. The van der Waals surface area contributed by atoms with Gasteiger partial charge in [-0.15, -0.1) is 24.0 Å². The summed E-state index contributed by atoms with van der Waals surface area (Å²) in [5.74, 6) is 0.756. The minimum absolute atomic E-state index is 0. The molecule has 1 aliphatic rings. The van der Waals surface area contributed by atoms with Crippen LogP contribution in [0.1, 0.15) is 47.0 Å². The molecule has 1 saturated carbocycles. The highest BCUT2D eigenvalue weighted by Crippen LogP contribution is 2.45. The van der Waals surface area contributed by atoms with Crippen LogP contribution in [0.3, 0.4) is 0 Å². The molecule has 0 saturated heterocycles. The van der Waals surface area contributed by atoms with Crippen LogP contribution in [-0.2, 0) is 4.79 Å². The molecule has 5 nitrogen and oxygen atoms in total. The number of hydrogen-bond donors (Lipinski definition) is 2. The Morgan fingerprint density at radius 1 is 1.18 bits per heavy atom. The van der Waals surface area contributed by atoms with E-state index in [-0.39, 0.29) is 36.4 Å². The number of guanidine groups is 1. The Kier molecular flexibility index (Phi) is 8.16. The first-order chi connectivity index (χ1) is 9.54. The van der Waals surface area contributed by atoms with Gasteiger partial charge in [0, 0.05) is 27.2 Å². The van der Waals surface area contributed by atoms with Gasteiger partial charge >= 0.3 is 0 Å². The molecule has 0 aromatic heterocycles. The number of hydrogen-bond acceptors (Lipinski definition) is 2. The molecular formula is C16H33IN4O. The Hall–Kier alpha value is -0.530. The molecule has 0 atom stereocenters. The average Bonchev–Trinajstić information content (AvgIpc) is 2.29. The Labute approximate surface area is 152 Å². The average molecular weight is 424 g/mol. The van der Waals surface area contributed by atoms with Gasteiger partial charge in [0.1, 0.15) is 0 Å². The molecule has 0 bridgehead atoms. The predicted octanol–water partition coefficient (Wildman–Crippen LogP) is 2.46. The van der Waals surface area contributed by atoms with E-state index in [9.17, 15) is 4.79 Å². The van der Waals surface area contributed by atoms with E-state index < -0.39 is 0 Å². The summed E-state index contributed by atoms with van der Waals surface area (Å²) in [6.07, 6.45) is 3.49. The monoisotopic (exact) mass is 424 g/mol. The lowest BCUT2D eigenvalue weighted by Crippen LogP contribution is -2.51. The van der Waals surface area contributed by atoms with Gasteiger partial charge in [0.15, 0.2) is 5.96 Å². The van der Waals surface area contributed by atoms with E-state index >= 15 is 0 Å². The quantitative estimate of drug-likeness (QED) is 0.416. The number of halogens is 1. The molecule has 0 aromatic rings. The first-order valence-electron chi connectivity index (χ1n) is 7.72. The van der Waals surface area contributed by atoms with Gasteiger partial charge in [-0.1, -0.05) is 27.7 Å². The molecule has 0 unspecified atom stereocenters. The molecule has 130 valence electrons. The Balaban J connectivity index is 0.00000441.